The van der Waals surface area contributed by atoms with Gasteiger partial charge in [-0.2, -0.15) is 0 Å². The van der Waals surface area contributed by atoms with E-state index in [1.807, 2.05) is 0 Å². The van der Waals surface area contributed by atoms with Crippen molar-refractivity contribution >= 4 is 5.91 Å². The van der Waals surface area contributed by atoms with Gasteiger partial charge in [0, 0.05) is 12.1 Å². The third-order valence-corrected chi connectivity index (χ3v) is 3.62. The number of rotatable bonds is 4. The van der Waals surface area contributed by atoms with Crippen LogP contribution < -0.4 is 11.1 Å². The predicted octanol–water partition coefficient (Wildman–Crippen LogP) is 2.34. The van der Waals surface area contributed by atoms with E-state index >= 15 is 0 Å². The van der Waals surface area contributed by atoms with Crippen LogP contribution in [0, 0.1) is 17.0 Å². The van der Waals surface area contributed by atoms with E-state index in [1.54, 1.807) is 27.7 Å². The Morgan fingerprint density at radius 1 is 1.21 bits per heavy atom. The second-order valence-electron chi connectivity index (χ2n) is 5.78. The Balaban J connectivity index is 2.72. The molecule has 0 heterocycles. The summed E-state index contributed by atoms with van der Waals surface area (Å²) in [6, 6.07) is 3.53. The second-order valence-corrected chi connectivity index (χ2v) is 5.78. The fraction of sp³-hybridized carbons (Fsp3) is 0.500. The lowest BCUT2D eigenvalue weighted by Gasteiger charge is -2.36. The van der Waals surface area contributed by atoms with Crippen LogP contribution in [-0.4, -0.2) is 11.4 Å². The molecule has 0 bridgehead atoms. The van der Waals surface area contributed by atoms with Crippen LogP contribution in [0.5, 0.6) is 0 Å². The average Bonchev–Trinajstić information content (AvgIpc) is 2.28. The van der Waals surface area contributed by atoms with Gasteiger partial charge >= 0.3 is 0 Å². The van der Waals surface area contributed by atoms with E-state index in [9.17, 15) is 13.6 Å². The van der Waals surface area contributed by atoms with Gasteiger partial charge in [0.15, 0.2) is 11.6 Å². The van der Waals surface area contributed by atoms with E-state index in [0.717, 1.165) is 12.1 Å². The van der Waals surface area contributed by atoms with Gasteiger partial charge in [0.25, 0.3) is 0 Å². The van der Waals surface area contributed by atoms with E-state index in [1.165, 1.54) is 6.07 Å². The zero-order chi connectivity index (χ0) is 14.8. The van der Waals surface area contributed by atoms with E-state index in [2.05, 4.69) is 5.32 Å². The highest BCUT2D eigenvalue weighted by molar-refractivity contribution is 5.83. The molecule has 3 nitrogen and oxygen atoms in total. The molecule has 0 fully saturated rings. The molecule has 3 N–H and O–H groups in total. The first-order chi connectivity index (χ1) is 8.55. The maximum absolute atomic E-state index is 13.0. The topological polar surface area (TPSA) is 55.1 Å². The smallest absolute Gasteiger partial charge is 0.227 e. The largest absolute Gasteiger partial charge is 0.352 e. The van der Waals surface area contributed by atoms with Gasteiger partial charge in [-0.3, -0.25) is 4.79 Å². The van der Waals surface area contributed by atoms with E-state index in [0.29, 0.717) is 5.56 Å². The molecule has 0 aliphatic heterocycles. The van der Waals surface area contributed by atoms with E-state index in [4.69, 9.17) is 5.73 Å². The molecule has 1 rings (SSSR count). The highest BCUT2D eigenvalue weighted by atomic mass is 19.2. The Morgan fingerprint density at radius 2 is 1.79 bits per heavy atom. The number of halogens is 2. The quantitative estimate of drug-likeness (QED) is 0.882. The molecular formula is C14H20F2N2O. The number of nitrogens with one attached hydrogen (secondary N) is 1. The molecule has 0 saturated carbocycles. The molecule has 1 aromatic rings. The van der Waals surface area contributed by atoms with Crippen LogP contribution in [0.1, 0.15) is 33.3 Å². The summed E-state index contributed by atoms with van der Waals surface area (Å²) in [6.45, 7) is 7.16. The van der Waals surface area contributed by atoms with Crippen molar-refractivity contribution in [3.8, 4) is 0 Å². The average molecular weight is 270 g/mol. The lowest BCUT2D eigenvalue weighted by Crippen LogP contribution is -2.55. The summed E-state index contributed by atoms with van der Waals surface area (Å²) in [5.74, 6) is -2.06. The summed E-state index contributed by atoms with van der Waals surface area (Å²) >= 11 is 0. The van der Waals surface area contributed by atoms with Crippen molar-refractivity contribution in [2.75, 3.05) is 0 Å². The monoisotopic (exact) mass is 270 g/mol. The molecule has 0 unspecified atom stereocenters. The van der Waals surface area contributed by atoms with Crippen molar-refractivity contribution in [3.63, 3.8) is 0 Å². The molecule has 19 heavy (non-hydrogen) atoms. The molecule has 1 amide bonds. The maximum atomic E-state index is 13.0. The summed E-state index contributed by atoms with van der Waals surface area (Å²) in [5, 5.41) is 2.68. The number of hydrogen-bond acceptors (Lipinski definition) is 2. The third-order valence-electron chi connectivity index (χ3n) is 3.62. The predicted molar refractivity (Wildman–Crippen MR) is 70.3 cm³/mol. The summed E-state index contributed by atoms with van der Waals surface area (Å²) in [6.07, 6.45) is 0. The first kappa shape index (κ1) is 15.6. The highest BCUT2D eigenvalue weighted by Crippen LogP contribution is 2.28. The van der Waals surface area contributed by atoms with Crippen LogP contribution in [0.3, 0.4) is 0 Å². The maximum Gasteiger partial charge on any atom is 0.227 e. The Hall–Kier alpha value is -1.49. The van der Waals surface area contributed by atoms with Gasteiger partial charge in [-0.1, -0.05) is 6.07 Å². The summed E-state index contributed by atoms with van der Waals surface area (Å²) in [4.78, 5) is 12.1. The molecule has 0 radical (unpaired) electrons. The lowest BCUT2D eigenvalue weighted by molar-refractivity contribution is -0.132. The highest BCUT2D eigenvalue weighted by Gasteiger charge is 2.40. The summed E-state index contributed by atoms with van der Waals surface area (Å²) in [5.41, 5.74) is 4.99. The van der Waals surface area contributed by atoms with Crippen LogP contribution in [0.25, 0.3) is 0 Å². The van der Waals surface area contributed by atoms with Crippen molar-refractivity contribution in [1.82, 2.24) is 5.32 Å². The normalized spacial score (nSPS) is 12.4. The number of carbonyl (C=O) groups excluding carboxylic acids is 1. The van der Waals surface area contributed by atoms with E-state index < -0.39 is 22.6 Å². The van der Waals surface area contributed by atoms with Crippen LogP contribution in [0.2, 0.25) is 0 Å². The van der Waals surface area contributed by atoms with Crippen LogP contribution >= 0.6 is 0 Å². The fourth-order valence-corrected chi connectivity index (χ4v) is 1.35. The summed E-state index contributed by atoms with van der Waals surface area (Å²) in [7, 11) is 0. The number of amides is 1. The first-order valence-electron chi connectivity index (χ1n) is 6.07. The van der Waals surface area contributed by atoms with Crippen LogP contribution in [0.4, 0.5) is 8.78 Å². The lowest BCUT2D eigenvalue weighted by atomic mass is 9.74. The molecular weight excluding hydrogens is 250 g/mol. The minimum absolute atomic E-state index is 0.134. The van der Waals surface area contributed by atoms with Gasteiger partial charge in [0.05, 0.1) is 5.41 Å². The molecule has 0 aliphatic carbocycles. The standard InChI is InChI=1S/C14H20F2N2O/c1-13(2,14(3,4)17)12(19)18-8-9-5-6-10(15)11(16)7-9/h5-7H,8,17H2,1-4H3,(H,18,19). The van der Waals surface area contributed by atoms with Gasteiger partial charge in [0.1, 0.15) is 0 Å². The molecule has 0 aliphatic rings. The molecule has 106 valence electrons. The number of benzene rings is 1. The van der Waals surface area contributed by atoms with Crippen LogP contribution in [-0.2, 0) is 11.3 Å². The van der Waals surface area contributed by atoms with Crippen LogP contribution in [0.15, 0.2) is 18.2 Å². The van der Waals surface area contributed by atoms with Crippen molar-refractivity contribution in [1.29, 1.82) is 0 Å². The number of nitrogens with two attached hydrogens (primary N) is 1. The second kappa shape index (κ2) is 5.25. The Labute approximate surface area is 112 Å². The molecule has 0 spiro atoms. The zero-order valence-corrected chi connectivity index (χ0v) is 11.7. The van der Waals surface area contributed by atoms with Gasteiger partial charge in [0.2, 0.25) is 5.91 Å². The van der Waals surface area contributed by atoms with Crippen molar-refractivity contribution < 1.29 is 13.6 Å². The van der Waals surface area contributed by atoms with Crippen molar-refractivity contribution in [3.05, 3.63) is 35.4 Å². The molecule has 5 heteroatoms. The molecule has 0 aromatic heterocycles. The first-order valence-corrected chi connectivity index (χ1v) is 6.07. The number of hydrogen-bond donors (Lipinski definition) is 2. The fourth-order valence-electron chi connectivity index (χ4n) is 1.35. The van der Waals surface area contributed by atoms with Gasteiger partial charge in [-0.05, 0) is 45.4 Å². The third kappa shape index (κ3) is 3.50. The molecule has 1 aromatic carbocycles. The van der Waals surface area contributed by atoms with Gasteiger partial charge in [-0.25, -0.2) is 8.78 Å². The summed E-state index contributed by atoms with van der Waals surface area (Å²) < 4.78 is 25.8. The SMILES string of the molecule is CC(C)(N)C(C)(C)C(=O)NCc1ccc(F)c(F)c1. The minimum atomic E-state index is -0.926. The zero-order valence-electron chi connectivity index (χ0n) is 11.7. The Morgan fingerprint density at radius 3 is 2.26 bits per heavy atom. The molecule has 0 saturated heterocycles. The number of carbonyl (C=O) groups is 1. The van der Waals surface area contributed by atoms with Crippen molar-refractivity contribution in [2.24, 2.45) is 11.1 Å². The minimum Gasteiger partial charge on any atom is -0.352 e. The van der Waals surface area contributed by atoms with E-state index in [-0.39, 0.29) is 12.5 Å². The Kier molecular flexibility index (Phi) is 4.30. The molecule has 0 atom stereocenters. The Bertz CT molecular complexity index is 479. The van der Waals surface area contributed by atoms with Crippen molar-refractivity contribution in [2.45, 2.75) is 39.8 Å². The van der Waals surface area contributed by atoms with Gasteiger partial charge < -0.3 is 11.1 Å². The van der Waals surface area contributed by atoms with Gasteiger partial charge in [-0.15, -0.1) is 0 Å².